The number of nitro groups is 1. The molecule has 1 aliphatic heterocycles. The maximum absolute atomic E-state index is 12.7. The molecule has 0 unspecified atom stereocenters. The van der Waals surface area contributed by atoms with Crippen LogP contribution in [-0.2, 0) is 0 Å². The van der Waals surface area contributed by atoms with Crippen molar-refractivity contribution in [2.24, 2.45) is 0 Å². The molecule has 0 N–H and O–H groups in total. The van der Waals surface area contributed by atoms with Crippen LogP contribution in [0.1, 0.15) is 31.8 Å². The first-order valence-electron chi connectivity index (χ1n) is 9.47. The van der Waals surface area contributed by atoms with Crippen LogP contribution in [-0.4, -0.2) is 23.1 Å². The van der Waals surface area contributed by atoms with E-state index in [1.807, 2.05) is 6.07 Å². The zero-order valence-electron chi connectivity index (χ0n) is 16.5. The highest BCUT2D eigenvalue weighted by molar-refractivity contribution is 6.15. The fraction of sp³-hybridized carbons (Fsp3) is 0.0833. The van der Waals surface area contributed by atoms with Crippen LogP contribution in [0.2, 0.25) is 0 Å². The molecule has 1 heterocycles. The Kier molecular flexibility index (Phi) is 5.32. The molecule has 154 valence electrons. The first-order valence-corrected chi connectivity index (χ1v) is 9.47. The summed E-state index contributed by atoms with van der Waals surface area (Å²) in [6.45, 7) is 1.60. The fourth-order valence-electron chi connectivity index (χ4n) is 3.25. The molecule has 0 saturated heterocycles. The third kappa shape index (κ3) is 4.06. The van der Waals surface area contributed by atoms with Crippen molar-refractivity contribution < 1.29 is 24.0 Å². The molecule has 0 bridgehead atoms. The number of nitrogens with zero attached hydrogens (tertiary/aromatic N) is 1. The number of carbonyl (C=O) groups excluding carboxylic acids is 2. The lowest BCUT2D eigenvalue weighted by Gasteiger charge is -2.11. The first-order chi connectivity index (χ1) is 14.9. The van der Waals surface area contributed by atoms with E-state index in [2.05, 4.69) is 0 Å². The average Bonchev–Trinajstić information content (AvgIpc) is 3.10. The van der Waals surface area contributed by atoms with Gasteiger partial charge in [-0.2, -0.15) is 0 Å². The van der Waals surface area contributed by atoms with Gasteiger partial charge in [-0.05, 0) is 30.7 Å². The lowest BCUT2D eigenvalue weighted by molar-refractivity contribution is -0.384. The number of nitro benzene ring substituents is 1. The number of hydrogen-bond acceptors (Lipinski definition) is 6. The molecular formula is C24H17NO6. The topological polar surface area (TPSA) is 95.7 Å². The minimum absolute atomic E-state index is 0.0658. The summed E-state index contributed by atoms with van der Waals surface area (Å²) in [5, 5.41) is 11.0. The smallest absolute Gasteiger partial charge is 0.270 e. The molecular weight excluding hydrogens is 398 g/mol. The van der Waals surface area contributed by atoms with Crippen molar-refractivity contribution in [2.45, 2.75) is 6.92 Å². The van der Waals surface area contributed by atoms with Crippen LogP contribution in [0, 0.1) is 17.0 Å². The number of carbonyl (C=O) groups is 2. The van der Waals surface area contributed by atoms with Crippen LogP contribution >= 0.6 is 0 Å². The van der Waals surface area contributed by atoms with Gasteiger partial charge in [0.2, 0.25) is 5.78 Å². The van der Waals surface area contributed by atoms with E-state index in [0.717, 1.165) is 0 Å². The van der Waals surface area contributed by atoms with E-state index >= 15 is 0 Å². The molecule has 0 fully saturated rings. The van der Waals surface area contributed by atoms with E-state index in [1.54, 1.807) is 49.4 Å². The standard InChI is InChI=1S/C24H17NO6/c1-15-21(30-14-20(26)17-7-3-2-4-8-17)11-10-19-23(27)22(31-24(15)19)13-16-6-5-9-18(12-16)25(28)29/h2-13H,14H2,1H3/b22-13-. The van der Waals surface area contributed by atoms with Crippen LogP contribution in [0.4, 0.5) is 5.69 Å². The second-order valence-electron chi connectivity index (χ2n) is 6.94. The van der Waals surface area contributed by atoms with Crippen molar-refractivity contribution in [1.29, 1.82) is 0 Å². The van der Waals surface area contributed by atoms with Gasteiger partial charge < -0.3 is 9.47 Å². The van der Waals surface area contributed by atoms with Crippen LogP contribution < -0.4 is 9.47 Å². The van der Waals surface area contributed by atoms with Gasteiger partial charge in [0.25, 0.3) is 5.69 Å². The highest BCUT2D eigenvalue weighted by atomic mass is 16.6. The number of Topliss-reactive ketones (excluding diaryl/α,β-unsaturated/α-hetero) is 2. The number of ether oxygens (including phenoxy) is 2. The minimum Gasteiger partial charge on any atom is -0.485 e. The normalized spacial score (nSPS) is 13.6. The molecule has 0 aromatic heterocycles. The molecule has 3 aromatic rings. The van der Waals surface area contributed by atoms with Gasteiger partial charge >= 0.3 is 0 Å². The van der Waals surface area contributed by atoms with E-state index < -0.39 is 4.92 Å². The van der Waals surface area contributed by atoms with E-state index in [9.17, 15) is 19.7 Å². The molecule has 0 radical (unpaired) electrons. The maximum Gasteiger partial charge on any atom is 0.270 e. The summed E-state index contributed by atoms with van der Waals surface area (Å²) in [5.74, 6) is 0.371. The Morgan fingerprint density at radius 1 is 1.10 bits per heavy atom. The second kappa shape index (κ2) is 8.23. The summed E-state index contributed by atoms with van der Waals surface area (Å²) in [7, 11) is 0. The summed E-state index contributed by atoms with van der Waals surface area (Å²) in [5.41, 5.74) is 1.92. The third-order valence-electron chi connectivity index (χ3n) is 4.87. The van der Waals surface area contributed by atoms with E-state index in [1.165, 1.54) is 24.3 Å². The number of ketones is 2. The van der Waals surface area contributed by atoms with E-state index in [-0.39, 0.29) is 29.6 Å². The zero-order chi connectivity index (χ0) is 22.0. The Morgan fingerprint density at radius 3 is 2.61 bits per heavy atom. The van der Waals surface area contributed by atoms with Crippen molar-refractivity contribution in [2.75, 3.05) is 6.61 Å². The van der Waals surface area contributed by atoms with Crippen molar-refractivity contribution in [1.82, 2.24) is 0 Å². The Balaban J connectivity index is 1.55. The number of non-ortho nitro benzene ring substituents is 1. The van der Waals surface area contributed by atoms with Gasteiger partial charge in [-0.3, -0.25) is 19.7 Å². The highest BCUT2D eigenvalue weighted by Crippen LogP contribution is 2.39. The summed E-state index contributed by atoms with van der Waals surface area (Å²) in [4.78, 5) is 35.5. The molecule has 0 amide bonds. The molecule has 1 aliphatic rings. The van der Waals surface area contributed by atoms with Gasteiger partial charge in [0, 0.05) is 23.3 Å². The molecule has 0 spiro atoms. The first kappa shape index (κ1) is 20.0. The van der Waals surface area contributed by atoms with Gasteiger partial charge in [0.15, 0.2) is 18.1 Å². The van der Waals surface area contributed by atoms with Gasteiger partial charge in [-0.25, -0.2) is 0 Å². The highest BCUT2D eigenvalue weighted by Gasteiger charge is 2.30. The summed E-state index contributed by atoms with van der Waals surface area (Å²) in [6, 6.07) is 18.0. The monoisotopic (exact) mass is 415 g/mol. The zero-order valence-corrected chi connectivity index (χ0v) is 16.5. The molecule has 0 saturated carbocycles. The van der Waals surface area contributed by atoms with E-state index in [0.29, 0.717) is 33.8 Å². The Hall–Kier alpha value is -4.26. The minimum atomic E-state index is -0.501. The molecule has 7 nitrogen and oxygen atoms in total. The third-order valence-corrected chi connectivity index (χ3v) is 4.87. The van der Waals surface area contributed by atoms with Gasteiger partial charge in [0.05, 0.1) is 10.5 Å². The fourth-order valence-corrected chi connectivity index (χ4v) is 3.25. The predicted molar refractivity (Wildman–Crippen MR) is 113 cm³/mol. The summed E-state index contributed by atoms with van der Waals surface area (Å²) < 4.78 is 11.4. The SMILES string of the molecule is Cc1c(OCC(=O)c2ccccc2)ccc2c1O/C(=C\c1cccc([N+](=O)[O-])c1)C2=O. The van der Waals surface area contributed by atoms with Crippen LogP contribution in [0.3, 0.4) is 0 Å². The van der Waals surface area contributed by atoms with E-state index in [4.69, 9.17) is 9.47 Å². The maximum atomic E-state index is 12.7. The molecule has 0 atom stereocenters. The van der Waals surface area contributed by atoms with Gasteiger partial charge in [-0.15, -0.1) is 0 Å². The van der Waals surface area contributed by atoms with Crippen molar-refractivity contribution in [3.8, 4) is 11.5 Å². The van der Waals surface area contributed by atoms with Crippen LogP contribution in [0.25, 0.3) is 6.08 Å². The second-order valence-corrected chi connectivity index (χ2v) is 6.94. The number of benzene rings is 3. The lowest BCUT2D eigenvalue weighted by atomic mass is 10.1. The van der Waals surface area contributed by atoms with Crippen LogP contribution in [0.5, 0.6) is 11.5 Å². The number of allylic oxidation sites excluding steroid dienone is 1. The molecule has 31 heavy (non-hydrogen) atoms. The lowest BCUT2D eigenvalue weighted by Crippen LogP contribution is -2.12. The van der Waals surface area contributed by atoms with Gasteiger partial charge in [-0.1, -0.05) is 42.5 Å². The van der Waals surface area contributed by atoms with Crippen molar-refractivity contribution in [3.63, 3.8) is 0 Å². The number of fused-ring (bicyclic) bond motifs is 1. The van der Waals surface area contributed by atoms with Crippen molar-refractivity contribution >= 4 is 23.3 Å². The Morgan fingerprint density at radius 2 is 1.87 bits per heavy atom. The summed E-state index contributed by atoms with van der Waals surface area (Å²) in [6.07, 6.45) is 1.47. The molecule has 7 heteroatoms. The Labute approximate surface area is 177 Å². The number of rotatable bonds is 6. The Bertz CT molecular complexity index is 1230. The average molecular weight is 415 g/mol. The predicted octanol–water partition coefficient (Wildman–Crippen LogP) is 4.78. The number of hydrogen-bond donors (Lipinski definition) is 0. The quantitative estimate of drug-likeness (QED) is 0.249. The molecule has 0 aliphatic carbocycles. The van der Waals surface area contributed by atoms with Crippen LogP contribution in [0.15, 0.2) is 72.5 Å². The molecule has 3 aromatic carbocycles. The van der Waals surface area contributed by atoms with Gasteiger partial charge in [0.1, 0.15) is 11.5 Å². The summed E-state index contributed by atoms with van der Waals surface area (Å²) >= 11 is 0. The molecule has 4 rings (SSSR count). The largest absolute Gasteiger partial charge is 0.485 e. The van der Waals surface area contributed by atoms with Crippen molar-refractivity contribution in [3.05, 3.63) is 105 Å².